The van der Waals surface area contributed by atoms with Gasteiger partial charge in [0.05, 0.1) is 11.2 Å². The van der Waals surface area contributed by atoms with Gasteiger partial charge >= 0.3 is 0 Å². The van der Waals surface area contributed by atoms with Crippen LogP contribution in [0.2, 0.25) is 5.02 Å². The maximum Gasteiger partial charge on any atom is 0.276 e. The second-order valence-electron chi connectivity index (χ2n) is 3.43. The number of carbonyl (C=O) groups is 1. The lowest BCUT2D eigenvalue weighted by Gasteiger charge is -2.04. The quantitative estimate of drug-likeness (QED) is 0.910. The van der Waals surface area contributed by atoms with Crippen LogP contribution in [0.15, 0.2) is 16.8 Å². The van der Waals surface area contributed by atoms with Crippen molar-refractivity contribution in [2.24, 2.45) is 0 Å². The first kappa shape index (κ1) is 11.7. The number of hydrogen-bond acceptors (Lipinski definition) is 4. The first-order chi connectivity index (χ1) is 8.11. The summed E-state index contributed by atoms with van der Waals surface area (Å²) >= 11 is 5.90. The highest BCUT2D eigenvalue weighted by molar-refractivity contribution is 6.34. The number of nitrogens with zero attached hydrogens (tertiary/aromatic N) is 3. The van der Waals surface area contributed by atoms with Gasteiger partial charge in [-0.25, -0.2) is 0 Å². The first-order valence-electron chi connectivity index (χ1n) is 5.07. The Labute approximate surface area is 103 Å². The van der Waals surface area contributed by atoms with Crippen molar-refractivity contribution in [2.45, 2.75) is 20.4 Å². The predicted molar refractivity (Wildman–Crippen MR) is 62.1 cm³/mol. The molecule has 6 nitrogen and oxygen atoms in total. The van der Waals surface area contributed by atoms with Gasteiger partial charge < -0.3 is 9.84 Å². The molecule has 0 aromatic carbocycles. The summed E-state index contributed by atoms with van der Waals surface area (Å²) in [5.41, 5.74) is 0.315. The van der Waals surface area contributed by atoms with Crippen molar-refractivity contribution in [2.75, 3.05) is 5.32 Å². The van der Waals surface area contributed by atoms with Crippen LogP contribution >= 0.6 is 11.6 Å². The molecule has 7 heteroatoms. The van der Waals surface area contributed by atoms with E-state index in [9.17, 15) is 4.79 Å². The van der Waals surface area contributed by atoms with Crippen LogP contribution in [-0.2, 0) is 6.54 Å². The van der Waals surface area contributed by atoms with Crippen molar-refractivity contribution in [1.29, 1.82) is 0 Å². The molecule has 1 N–H and O–H groups in total. The van der Waals surface area contributed by atoms with Crippen molar-refractivity contribution in [3.8, 4) is 0 Å². The lowest BCUT2D eigenvalue weighted by molar-refractivity contribution is 0.101. The average Bonchev–Trinajstić information content (AvgIpc) is 2.84. The normalized spacial score (nSPS) is 10.5. The molecule has 2 aromatic rings. The van der Waals surface area contributed by atoms with E-state index in [1.807, 2.05) is 6.92 Å². The minimum atomic E-state index is -0.359. The Balaban J connectivity index is 2.22. The zero-order chi connectivity index (χ0) is 12.4. The molecule has 2 heterocycles. The summed E-state index contributed by atoms with van der Waals surface area (Å²) in [5, 5.41) is 10.6. The lowest BCUT2D eigenvalue weighted by Crippen LogP contribution is -2.18. The topological polar surface area (TPSA) is 73.0 Å². The van der Waals surface area contributed by atoms with Gasteiger partial charge in [0.1, 0.15) is 11.5 Å². The number of amides is 1. The molecular weight excluding hydrogens is 244 g/mol. The monoisotopic (exact) mass is 254 g/mol. The van der Waals surface area contributed by atoms with Crippen LogP contribution in [0.3, 0.4) is 0 Å². The highest BCUT2D eigenvalue weighted by Crippen LogP contribution is 2.17. The van der Waals surface area contributed by atoms with E-state index >= 15 is 0 Å². The van der Waals surface area contributed by atoms with Crippen LogP contribution in [-0.4, -0.2) is 20.8 Å². The maximum absolute atomic E-state index is 11.9. The Morgan fingerprint density at radius 3 is 3.00 bits per heavy atom. The predicted octanol–water partition coefficient (Wildman–Crippen LogP) is 2.11. The van der Waals surface area contributed by atoms with E-state index in [4.69, 9.17) is 16.1 Å². The van der Waals surface area contributed by atoms with Gasteiger partial charge in [0, 0.05) is 12.6 Å². The summed E-state index contributed by atoms with van der Waals surface area (Å²) in [6, 6.07) is 1.62. The first-order valence-corrected chi connectivity index (χ1v) is 5.45. The molecule has 0 aliphatic carbocycles. The van der Waals surface area contributed by atoms with Gasteiger partial charge in [-0.15, -0.1) is 0 Å². The summed E-state index contributed by atoms with van der Waals surface area (Å²) in [4.78, 5) is 11.9. The number of hydrogen-bond donors (Lipinski definition) is 1. The van der Waals surface area contributed by atoms with Gasteiger partial charge in [-0.2, -0.15) is 5.10 Å². The zero-order valence-corrected chi connectivity index (χ0v) is 10.2. The molecule has 0 aliphatic heterocycles. The van der Waals surface area contributed by atoms with Crippen LogP contribution in [0.4, 0.5) is 5.82 Å². The van der Waals surface area contributed by atoms with Gasteiger partial charge in [0.25, 0.3) is 5.91 Å². The smallest absolute Gasteiger partial charge is 0.276 e. The van der Waals surface area contributed by atoms with Crippen LogP contribution in [0.5, 0.6) is 0 Å². The van der Waals surface area contributed by atoms with E-state index in [0.717, 1.165) is 0 Å². The molecule has 17 heavy (non-hydrogen) atoms. The van der Waals surface area contributed by atoms with E-state index in [-0.39, 0.29) is 5.91 Å². The molecule has 0 fully saturated rings. The number of carbonyl (C=O) groups excluding carboxylic acids is 1. The van der Waals surface area contributed by atoms with Crippen LogP contribution in [0.1, 0.15) is 23.2 Å². The van der Waals surface area contributed by atoms with E-state index in [1.54, 1.807) is 13.0 Å². The molecule has 1 amide bonds. The molecule has 0 aliphatic rings. The summed E-state index contributed by atoms with van der Waals surface area (Å²) in [5.74, 6) is 0.616. The van der Waals surface area contributed by atoms with Gasteiger partial charge in [0.2, 0.25) is 0 Å². The fraction of sp³-hybridized carbons (Fsp3) is 0.300. The molecule has 0 bridgehead atoms. The standard InChI is InChI=1S/C10H11ClN4O2/c1-3-15-9(7(11)5-12-15)10(16)13-8-4-6(2)17-14-8/h4-5H,3H2,1-2H3,(H,13,14,16). The summed E-state index contributed by atoms with van der Waals surface area (Å²) in [6.45, 7) is 4.18. The van der Waals surface area contributed by atoms with Crippen LogP contribution < -0.4 is 5.32 Å². The molecule has 0 saturated heterocycles. The fourth-order valence-electron chi connectivity index (χ4n) is 1.43. The largest absolute Gasteiger partial charge is 0.360 e. The third kappa shape index (κ3) is 2.31. The second-order valence-corrected chi connectivity index (χ2v) is 3.84. The molecular formula is C10H11ClN4O2. The number of anilines is 1. The van der Waals surface area contributed by atoms with Crippen LogP contribution in [0.25, 0.3) is 0 Å². The average molecular weight is 255 g/mol. The third-order valence-electron chi connectivity index (χ3n) is 2.18. The van der Waals surface area contributed by atoms with E-state index in [0.29, 0.717) is 28.8 Å². The fourth-order valence-corrected chi connectivity index (χ4v) is 1.66. The number of aryl methyl sites for hydroxylation is 2. The molecule has 0 atom stereocenters. The summed E-state index contributed by atoms with van der Waals surface area (Å²) in [7, 11) is 0. The number of rotatable bonds is 3. The number of nitrogens with one attached hydrogen (secondary N) is 1. The van der Waals surface area contributed by atoms with Gasteiger partial charge in [-0.05, 0) is 13.8 Å². The van der Waals surface area contributed by atoms with Gasteiger partial charge in [-0.1, -0.05) is 16.8 Å². The molecule has 0 spiro atoms. The van der Waals surface area contributed by atoms with Crippen molar-refractivity contribution in [3.63, 3.8) is 0 Å². The Kier molecular flexibility index (Phi) is 3.14. The van der Waals surface area contributed by atoms with E-state index in [1.165, 1.54) is 10.9 Å². The molecule has 90 valence electrons. The molecule has 0 radical (unpaired) electrons. The second kappa shape index (κ2) is 4.58. The third-order valence-corrected chi connectivity index (χ3v) is 2.46. The molecule has 2 rings (SSSR count). The van der Waals surface area contributed by atoms with Crippen molar-refractivity contribution < 1.29 is 9.32 Å². The SMILES string of the molecule is CCn1ncc(Cl)c1C(=O)Nc1cc(C)on1. The van der Waals surface area contributed by atoms with Crippen molar-refractivity contribution in [1.82, 2.24) is 14.9 Å². The van der Waals surface area contributed by atoms with Gasteiger partial charge in [0.15, 0.2) is 5.82 Å². The van der Waals surface area contributed by atoms with Crippen LogP contribution in [0, 0.1) is 6.92 Å². The summed E-state index contributed by atoms with van der Waals surface area (Å²) in [6.07, 6.45) is 1.44. The minimum absolute atomic E-state index is 0.310. The van der Waals surface area contributed by atoms with Gasteiger partial charge in [-0.3, -0.25) is 9.48 Å². The molecule has 0 unspecified atom stereocenters. The van der Waals surface area contributed by atoms with E-state index < -0.39 is 0 Å². The maximum atomic E-state index is 11.9. The highest BCUT2D eigenvalue weighted by Gasteiger charge is 2.17. The van der Waals surface area contributed by atoms with E-state index in [2.05, 4.69) is 15.6 Å². The zero-order valence-electron chi connectivity index (χ0n) is 9.40. The van der Waals surface area contributed by atoms with Crippen molar-refractivity contribution >= 4 is 23.3 Å². The minimum Gasteiger partial charge on any atom is -0.360 e. The Morgan fingerprint density at radius 2 is 2.41 bits per heavy atom. The molecule has 0 saturated carbocycles. The number of aromatic nitrogens is 3. The highest BCUT2D eigenvalue weighted by atomic mass is 35.5. The lowest BCUT2D eigenvalue weighted by atomic mass is 10.4. The summed E-state index contributed by atoms with van der Waals surface area (Å²) < 4.78 is 6.37. The molecule has 2 aromatic heterocycles. The van der Waals surface area contributed by atoms with Crippen molar-refractivity contribution in [3.05, 3.63) is 28.7 Å². The Morgan fingerprint density at radius 1 is 1.65 bits per heavy atom. The Hall–Kier alpha value is -1.82. The number of halogens is 1. The Bertz CT molecular complexity index is 546.